The van der Waals surface area contributed by atoms with Gasteiger partial charge in [0, 0.05) is 12.1 Å². The molecule has 32 heavy (non-hydrogen) atoms. The molecular weight excluding hydrogens is 398 g/mol. The molecule has 4 heteroatoms. The summed E-state index contributed by atoms with van der Waals surface area (Å²) in [6, 6.07) is 18.3. The van der Waals surface area contributed by atoms with Gasteiger partial charge in [0.05, 0.1) is 13.2 Å². The standard InChI is InChI=1S/C28H29NO3/c1-19-13-22(17-30)14-20(2)24(19)9-10-26-25-16-27(31-3)28(15-23(25)11-12-29-26)32-18-21-7-5-4-6-8-21/h4-10,13-17,26,29H,11-12,18H2,1-3H3/b10-9+. The van der Waals surface area contributed by atoms with Gasteiger partial charge in [-0.15, -0.1) is 0 Å². The van der Waals surface area contributed by atoms with E-state index >= 15 is 0 Å². The van der Waals surface area contributed by atoms with Crippen LogP contribution in [0.2, 0.25) is 0 Å². The van der Waals surface area contributed by atoms with Gasteiger partial charge >= 0.3 is 0 Å². The van der Waals surface area contributed by atoms with Gasteiger partial charge in [-0.1, -0.05) is 42.5 Å². The summed E-state index contributed by atoms with van der Waals surface area (Å²) in [6.45, 7) is 5.49. The fourth-order valence-electron chi connectivity index (χ4n) is 4.31. The van der Waals surface area contributed by atoms with E-state index in [-0.39, 0.29) is 6.04 Å². The lowest BCUT2D eigenvalue weighted by atomic mass is 9.92. The predicted molar refractivity (Wildman–Crippen MR) is 129 cm³/mol. The van der Waals surface area contributed by atoms with Crippen LogP contribution in [0.25, 0.3) is 6.08 Å². The van der Waals surface area contributed by atoms with E-state index in [0.29, 0.717) is 12.2 Å². The van der Waals surface area contributed by atoms with Crippen molar-refractivity contribution < 1.29 is 14.3 Å². The first-order valence-corrected chi connectivity index (χ1v) is 10.9. The quantitative estimate of drug-likeness (QED) is 0.498. The lowest BCUT2D eigenvalue weighted by molar-refractivity contribution is 0.112. The van der Waals surface area contributed by atoms with E-state index in [2.05, 4.69) is 41.7 Å². The number of aldehydes is 1. The minimum atomic E-state index is 0.0837. The lowest BCUT2D eigenvalue weighted by Gasteiger charge is -2.26. The highest BCUT2D eigenvalue weighted by Crippen LogP contribution is 2.36. The maximum atomic E-state index is 11.1. The largest absolute Gasteiger partial charge is 0.493 e. The van der Waals surface area contributed by atoms with Crippen LogP contribution in [0, 0.1) is 13.8 Å². The van der Waals surface area contributed by atoms with Crippen molar-refractivity contribution >= 4 is 12.4 Å². The number of methoxy groups -OCH3 is 1. The molecule has 1 aliphatic heterocycles. The summed E-state index contributed by atoms with van der Waals surface area (Å²) in [6.07, 6.45) is 6.18. The monoisotopic (exact) mass is 427 g/mol. The molecule has 3 aromatic carbocycles. The molecule has 4 rings (SSSR count). The van der Waals surface area contributed by atoms with Crippen LogP contribution in [0.5, 0.6) is 11.5 Å². The number of hydrogen-bond donors (Lipinski definition) is 1. The minimum absolute atomic E-state index is 0.0837. The maximum absolute atomic E-state index is 11.1. The number of benzene rings is 3. The molecule has 1 atom stereocenters. The molecule has 4 nitrogen and oxygen atoms in total. The molecule has 1 unspecified atom stereocenters. The Hall–Kier alpha value is -3.37. The average Bonchev–Trinajstić information content (AvgIpc) is 2.82. The van der Waals surface area contributed by atoms with Crippen molar-refractivity contribution in [3.8, 4) is 11.5 Å². The van der Waals surface area contributed by atoms with Crippen LogP contribution >= 0.6 is 0 Å². The van der Waals surface area contributed by atoms with Gasteiger partial charge < -0.3 is 14.8 Å². The number of hydrogen-bond acceptors (Lipinski definition) is 4. The van der Waals surface area contributed by atoms with Crippen LogP contribution in [0.1, 0.15) is 49.8 Å². The molecule has 0 radical (unpaired) electrons. The molecule has 3 aromatic rings. The average molecular weight is 428 g/mol. The van der Waals surface area contributed by atoms with Gasteiger partial charge in [-0.2, -0.15) is 0 Å². The van der Waals surface area contributed by atoms with Gasteiger partial charge in [0.25, 0.3) is 0 Å². The molecule has 1 aliphatic rings. The Morgan fingerprint density at radius 1 is 1.03 bits per heavy atom. The maximum Gasteiger partial charge on any atom is 0.161 e. The van der Waals surface area contributed by atoms with Crippen molar-refractivity contribution in [1.29, 1.82) is 0 Å². The fourth-order valence-corrected chi connectivity index (χ4v) is 4.31. The molecule has 1 N–H and O–H groups in total. The smallest absolute Gasteiger partial charge is 0.161 e. The summed E-state index contributed by atoms with van der Waals surface area (Å²) in [7, 11) is 1.68. The van der Waals surface area contributed by atoms with Crippen LogP contribution in [-0.4, -0.2) is 19.9 Å². The third-order valence-electron chi connectivity index (χ3n) is 5.96. The lowest BCUT2D eigenvalue weighted by Crippen LogP contribution is -2.28. The van der Waals surface area contributed by atoms with Crippen LogP contribution < -0.4 is 14.8 Å². The molecule has 0 fully saturated rings. The zero-order valence-electron chi connectivity index (χ0n) is 18.9. The van der Waals surface area contributed by atoms with E-state index in [4.69, 9.17) is 9.47 Å². The normalized spacial score (nSPS) is 15.4. The number of carbonyl (C=O) groups excluding carboxylic acids is 1. The second-order valence-electron chi connectivity index (χ2n) is 8.20. The van der Waals surface area contributed by atoms with E-state index in [1.165, 1.54) is 11.1 Å². The van der Waals surface area contributed by atoms with Crippen molar-refractivity contribution in [2.75, 3.05) is 13.7 Å². The third kappa shape index (κ3) is 4.76. The molecule has 0 bridgehead atoms. The summed E-state index contributed by atoms with van der Waals surface area (Å²) in [5.74, 6) is 1.51. The van der Waals surface area contributed by atoms with Crippen molar-refractivity contribution in [3.05, 3.63) is 99.6 Å². The Balaban J connectivity index is 1.59. The van der Waals surface area contributed by atoms with Crippen molar-refractivity contribution in [3.63, 3.8) is 0 Å². The van der Waals surface area contributed by atoms with Crippen LogP contribution in [0.4, 0.5) is 0 Å². The molecule has 0 aromatic heterocycles. The first-order valence-electron chi connectivity index (χ1n) is 10.9. The van der Waals surface area contributed by atoms with Gasteiger partial charge in [0.1, 0.15) is 12.9 Å². The molecule has 164 valence electrons. The SMILES string of the molecule is COc1cc2c(cc1OCc1ccccc1)CCNC2/C=C/c1c(C)cc(C=O)cc1C. The Kier molecular flexibility index (Phi) is 6.72. The van der Waals surface area contributed by atoms with Gasteiger partial charge in [0.15, 0.2) is 11.5 Å². The minimum Gasteiger partial charge on any atom is -0.493 e. The van der Waals surface area contributed by atoms with E-state index in [0.717, 1.165) is 53.0 Å². The van der Waals surface area contributed by atoms with Gasteiger partial charge in [-0.3, -0.25) is 4.79 Å². The first kappa shape index (κ1) is 21.8. The molecule has 0 saturated heterocycles. The topological polar surface area (TPSA) is 47.6 Å². The third-order valence-corrected chi connectivity index (χ3v) is 5.96. The second-order valence-corrected chi connectivity index (χ2v) is 8.20. The number of ether oxygens (including phenoxy) is 2. The zero-order valence-corrected chi connectivity index (χ0v) is 18.9. The highest BCUT2D eigenvalue weighted by atomic mass is 16.5. The summed E-state index contributed by atoms with van der Waals surface area (Å²) in [4.78, 5) is 11.1. The zero-order chi connectivity index (χ0) is 22.5. The highest BCUT2D eigenvalue weighted by Gasteiger charge is 2.21. The fraction of sp³-hybridized carbons (Fsp3) is 0.250. The summed E-state index contributed by atoms with van der Waals surface area (Å²) >= 11 is 0. The number of fused-ring (bicyclic) bond motifs is 1. The summed E-state index contributed by atoms with van der Waals surface area (Å²) in [5.41, 5.74) is 7.66. The van der Waals surface area contributed by atoms with Crippen molar-refractivity contribution in [2.45, 2.75) is 32.9 Å². The summed E-state index contributed by atoms with van der Waals surface area (Å²) < 4.78 is 11.8. The molecule has 0 spiro atoms. The number of aryl methyl sites for hydroxylation is 2. The first-order chi connectivity index (χ1) is 15.6. The Bertz CT molecular complexity index is 1110. The van der Waals surface area contributed by atoms with Crippen molar-refractivity contribution in [1.82, 2.24) is 5.32 Å². The second kappa shape index (κ2) is 9.84. The van der Waals surface area contributed by atoms with E-state index in [9.17, 15) is 4.79 Å². The van der Waals surface area contributed by atoms with Gasteiger partial charge in [0.2, 0.25) is 0 Å². The molecule has 0 saturated carbocycles. The van der Waals surface area contributed by atoms with E-state index in [1.807, 2.05) is 44.2 Å². The molecule has 0 amide bonds. The Morgan fingerprint density at radius 2 is 1.78 bits per heavy atom. The Morgan fingerprint density at radius 3 is 2.47 bits per heavy atom. The molecule has 1 heterocycles. The molecular formula is C28H29NO3. The van der Waals surface area contributed by atoms with Gasteiger partial charge in [-0.25, -0.2) is 0 Å². The highest BCUT2D eigenvalue weighted by molar-refractivity contribution is 5.77. The molecule has 0 aliphatic carbocycles. The Labute approximate surface area is 189 Å². The predicted octanol–water partition coefficient (Wildman–Crippen LogP) is 5.60. The number of nitrogens with one attached hydrogen (secondary N) is 1. The van der Waals surface area contributed by atoms with Crippen LogP contribution in [0.3, 0.4) is 0 Å². The summed E-state index contributed by atoms with van der Waals surface area (Å²) in [5, 5.41) is 3.60. The van der Waals surface area contributed by atoms with Crippen LogP contribution in [0.15, 0.2) is 60.7 Å². The number of rotatable bonds is 7. The van der Waals surface area contributed by atoms with Crippen molar-refractivity contribution in [2.24, 2.45) is 0 Å². The number of carbonyl (C=O) groups is 1. The van der Waals surface area contributed by atoms with E-state index < -0.39 is 0 Å². The van der Waals surface area contributed by atoms with Crippen LogP contribution in [-0.2, 0) is 13.0 Å². The van der Waals surface area contributed by atoms with Gasteiger partial charge in [-0.05, 0) is 77.9 Å². The van der Waals surface area contributed by atoms with E-state index in [1.54, 1.807) is 7.11 Å².